The van der Waals surface area contributed by atoms with Crippen molar-refractivity contribution in [3.63, 3.8) is 0 Å². The maximum Gasteiger partial charge on any atom is 0.356 e. The highest BCUT2D eigenvalue weighted by molar-refractivity contribution is 6.17. The number of halogens is 1. The van der Waals surface area contributed by atoms with Gasteiger partial charge < -0.3 is 14.0 Å². The molecule has 0 unspecified atom stereocenters. The summed E-state index contributed by atoms with van der Waals surface area (Å²) in [6.07, 6.45) is 1.82. The normalized spacial score (nSPS) is 14.6. The van der Waals surface area contributed by atoms with E-state index in [4.69, 9.17) is 21.1 Å². The molecule has 0 bridgehead atoms. The maximum absolute atomic E-state index is 12.5. The van der Waals surface area contributed by atoms with E-state index in [2.05, 4.69) is 22.7 Å². The zero-order chi connectivity index (χ0) is 19.0. The number of hydrogen-bond acceptors (Lipinski definition) is 4. The lowest BCUT2D eigenvalue weighted by Crippen LogP contribution is -2.12. The van der Waals surface area contributed by atoms with Crippen LogP contribution in [0.4, 0.5) is 0 Å². The van der Waals surface area contributed by atoms with E-state index in [-0.39, 0.29) is 6.07 Å². The summed E-state index contributed by atoms with van der Waals surface area (Å²) in [6, 6.07) is 7.85. The van der Waals surface area contributed by atoms with E-state index in [0.29, 0.717) is 25.5 Å². The van der Waals surface area contributed by atoms with Gasteiger partial charge in [0.2, 0.25) is 0 Å². The summed E-state index contributed by atoms with van der Waals surface area (Å²) >= 11 is 5.62. The van der Waals surface area contributed by atoms with Crippen molar-refractivity contribution in [3.05, 3.63) is 41.3 Å². The quantitative estimate of drug-likeness (QED) is 0.492. The minimum absolute atomic E-state index is 0.160. The van der Waals surface area contributed by atoms with Crippen molar-refractivity contribution in [1.29, 1.82) is 0 Å². The topological polar surface area (TPSA) is 58.3 Å². The molecule has 27 heavy (non-hydrogen) atoms. The highest BCUT2D eigenvalue weighted by Gasteiger charge is 2.23. The minimum Gasteiger partial charge on any atom is -0.445 e. The molecule has 6 nitrogen and oxygen atoms in total. The molecule has 4 rings (SSSR count). The second-order valence-electron chi connectivity index (χ2n) is 6.76. The molecule has 0 spiro atoms. The monoisotopic (exact) mass is 387 g/mol. The second kappa shape index (κ2) is 7.37. The van der Waals surface area contributed by atoms with Gasteiger partial charge in [0.25, 0.3) is 0 Å². The summed E-state index contributed by atoms with van der Waals surface area (Å²) in [4.78, 5) is 12.5. The molecular weight excluding hydrogens is 366 g/mol. The lowest BCUT2D eigenvalue weighted by Gasteiger charge is -2.12. The number of para-hydroxylation sites is 1. The summed E-state index contributed by atoms with van der Waals surface area (Å²) in [5, 5.41) is 5.66. The van der Waals surface area contributed by atoms with Crippen LogP contribution < -0.4 is 0 Å². The number of esters is 1. The lowest BCUT2D eigenvalue weighted by molar-refractivity contribution is 0.0562. The second-order valence-corrected chi connectivity index (χ2v) is 6.97. The van der Waals surface area contributed by atoms with Gasteiger partial charge in [-0.25, -0.2) is 4.79 Å². The number of carbonyl (C=O) groups excluding carboxylic acids is 1. The molecule has 1 aliphatic rings. The number of nitrogens with zero attached hydrogens (tertiary/aromatic N) is 3. The number of benzene rings is 1. The standard InChI is InChI=1S/C20H22ClN3O3/c1-13-18-15-7-5-6-14-10-17(20(25)27-12-21)24(19(14)15)8-3-4-9-26-11-16(18)22-23(13)2/h5-7,10H,3-4,8-9,11-12H2,1-2H3. The number of aryl methyl sites for hydroxylation is 2. The molecule has 0 fully saturated rings. The molecule has 1 aliphatic heterocycles. The number of alkyl halides is 1. The Morgan fingerprint density at radius 1 is 1.37 bits per heavy atom. The Labute approximate surface area is 162 Å². The zero-order valence-electron chi connectivity index (χ0n) is 15.5. The fraction of sp³-hybridized carbons (Fsp3) is 0.400. The zero-order valence-corrected chi connectivity index (χ0v) is 16.3. The van der Waals surface area contributed by atoms with Crippen LogP contribution in [-0.2, 0) is 29.7 Å². The van der Waals surface area contributed by atoms with Crippen molar-refractivity contribution in [2.75, 3.05) is 12.7 Å². The van der Waals surface area contributed by atoms with Crippen LogP contribution in [0.1, 0.15) is 34.7 Å². The molecule has 0 N–H and O–H groups in total. The van der Waals surface area contributed by atoms with Crippen molar-refractivity contribution in [2.24, 2.45) is 7.05 Å². The number of ether oxygens (including phenoxy) is 2. The van der Waals surface area contributed by atoms with Crippen molar-refractivity contribution in [2.45, 2.75) is 32.9 Å². The number of fused-ring (bicyclic) bond motifs is 2. The Bertz CT molecular complexity index is 1010. The lowest BCUT2D eigenvalue weighted by atomic mass is 10.0. The highest BCUT2D eigenvalue weighted by Crippen LogP contribution is 2.36. The first kappa shape index (κ1) is 18.1. The van der Waals surface area contributed by atoms with Gasteiger partial charge in [-0.3, -0.25) is 4.68 Å². The van der Waals surface area contributed by atoms with E-state index >= 15 is 0 Å². The first-order valence-electron chi connectivity index (χ1n) is 9.07. The molecule has 0 saturated carbocycles. The van der Waals surface area contributed by atoms with Gasteiger partial charge in [0.15, 0.2) is 6.07 Å². The molecule has 1 aromatic carbocycles. The van der Waals surface area contributed by atoms with Crippen molar-refractivity contribution in [1.82, 2.24) is 14.3 Å². The van der Waals surface area contributed by atoms with E-state index in [1.807, 2.05) is 29.9 Å². The summed E-state index contributed by atoms with van der Waals surface area (Å²) in [6.45, 7) is 3.91. The maximum atomic E-state index is 12.5. The molecule has 0 radical (unpaired) electrons. The number of aromatic nitrogens is 3. The molecule has 3 heterocycles. The van der Waals surface area contributed by atoms with Crippen LogP contribution in [0.2, 0.25) is 0 Å². The molecule has 7 heteroatoms. The van der Waals surface area contributed by atoms with E-state index < -0.39 is 5.97 Å². The fourth-order valence-electron chi connectivity index (χ4n) is 3.82. The molecule has 3 aromatic rings. The Hall–Kier alpha value is -2.31. The average molecular weight is 388 g/mol. The Morgan fingerprint density at radius 3 is 3.04 bits per heavy atom. The molecule has 0 atom stereocenters. The average Bonchev–Trinajstić information content (AvgIpc) is 3.15. The third-order valence-electron chi connectivity index (χ3n) is 5.15. The van der Waals surface area contributed by atoms with E-state index in [0.717, 1.165) is 46.3 Å². The van der Waals surface area contributed by atoms with Crippen LogP contribution in [0.5, 0.6) is 0 Å². The van der Waals surface area contributed by atoms with Gasteiger partial charge in [-0.05, 0) is 25.8 Å². The SMILES string of the molecule is Cc1c2c(nn1C)COCCCCn1c(C(=O)OCCl)cc3cccc-2c31. The van der Waals surface area contributed by atoms with Crippen molar-refractivity contribution < 1.29 is 14.3 Å². The smallest absolute Gasteiger partial charge is 0.356 e. The van der Waals surface area contributed by atoms with Crippen molar-refractivity contribution in [3.8, 4) is 11.1 Å². The predicted octanol–water partition coefficient (Wildman–Crippen LogP) is 4.01. The van der Waals surface area contributed by atoms with E-state index in [1.165, 1.54) is 0 Å². The van der Waals surface area contributed by atoms with E-state index in [9.17, 15) is 4.79 Å². The van der Waals surface area contributed by atoms with Gasteiger partial charge in [-0.2, -0.15) is 5.10 Å². The molecule has 0 amide bonds. The van der Waals surface area contributed by atoms with Crippen LogP contribution in [0.3, 0.4) is 0 Å². The van der Waals surface area contributed by atoms with Crippen LogP contribution in [0.15, 0.2) is 24.3 Å². The van der Waals surface area contributed by atoms with Gasteiger partial charge in [0, 0.05) is 42.4 Å². The van der Waals surface area contributed by atoms with Crippen LogP contribution in [0.25, 0.3) is 22.0 Å². The summed E-state index contributed by atoms with van der Waals surface area (Å²) in [5.41, 5.74) is 5.67. The van der Waals surface area contributed by atoms with Crippen LogP contribution >= 0.6 is 11.6 Å². The Morgan fingerprint density at radius 2 is 2.22 bits per heavy atom. The molecule has 0 saturated heterocycles. The molecule has 2 aromatic heterocycles. The van der Waals surface area contributed by atoms with Crippen LogP contribution in [0, 0.1) is 6.92 Å². The van der Waals surface area contributed by atoms with Gasteiger partial charge in [0.05, 0.1) is 17.8 Å². The van der Waals surface area contributed by atoms with Crippen molar-refractivity contribution >= 4 is 28.5 Å². The highest BCUT2D eigenvalue weighted by atomic mass is 35.5. The van der Waals surface area contributed by atoms with Gasteiger partial charge in [-0.15, -0.1) is 0 Å². The van der Waals surface area contributed by atoms with Crippen LogP contribution in [-0.4, -0.2) is 33.0 Å². The predicted molar refractivity (Wildman–Crippen MR) is 104 cm³/mol. The number of rotatable bonds is 2. The minimum atomic E-state index is -0.401. The fourth-order valence-corrected chi connectivity index (χ4v) is 3.92. The van der Waals surface area contributed by atoms with Gasteiger partial charge >= 0.3 is 5.97 Å². The molecule has 0 aliphatic carbocycles. The Balaban J connectivity index is 2.01. The summed E-state index contributed by atoms with van der Waals surface area (Å²) < 4.78 is 14.9. The number of hydrogen-bond donors (Lipinski definition) is 0. The first-order valence-corrected chi connectivity index (χ1v) is 9.61. The molecular formula is C20H22ClN3O3. The van der Waals surface area contributed by atoms with Gasteiger partial charge in [0.1, 0.15) is 5.69 Å². The molecule has 142 valence electrons. The third-order valence-corrected chi connectivity index (χ3v) is 5.26. The van der Waals surface area contributed by atoms with E-state index in [1.54, 1.807) is 0 Å². The summed E-state index contributed by atoms with van der Waals surface area (Å²) in [5.74, 6) is -0.401. The number of carbonyl (C=O) groups is 1. The van der Waals surface area contributed by atoms with Gasteiger partial charge in [-0.1, -0.05) is 29.8 Å². The third kappa shape index (κ3) is 3.13. The first-order chi connectivity index (χ1) is 13.1. The summed E-state index contributed by atoms with van der Waals surface area (Å²) in [7, 11) is 1.94. The Kier molecular flexibility index (Phi) is 4.93. The largest absolute Gasteiger partial charge is 0.445 e.